The fourth-order valence-corrected chi connectivity index (χ4v) is 3.11. The third-order valence-electron chi connectivity index (χ3n) is 3.23. The first kappa shape index (κ1) is 14.5. The molecule has 0 aliphatic heterocycles. The van der Waals surface area contributed by atoms with Gasteiger partial charge in [0, 0.05) is 29.1 Å². The number of nitrogens with zero attached hydrogens (tertiary/aromatic N) is 1. The monoisotopic (exact) mass is 292 g/mol. The first-order chi connectivity index (χ1) is 9.45. The summed E-state index contributed by atoms with van der Waals surface area (Å²) in [6, 6.07) is 6.51. The van der Waals surface area contributed by atoms with Gasteiger partial charge in [-0.1, -0.05) is 26.0 Å². The van der Waals surface area contributed by atoms with Crippen LogP contribution in [0.25, 0.3) is 10.8 Å². The molecule has 20 heavy (non-hydrogen) atoms. The summed E-state index contributed by atoms with van der Waals surface area (Å²) in [6.07, 6.45) is 3.70. The Kier molecular flexibility index (Phi) is 4.04. The summed E-state index contributed by atoms with van der Waals surface area (Å²) in [7, 11) is -3.87. The largest absolute Gasteiger partial charge is 0.274 e. The number of nitrogens with one attached hydrogen (secondary N) is 1. The number of benzene rings is 1. The summed E-state index contributed by atoms with van der Waals surface area (Å²) < 4.78 is 26.8. The van der Waals surface area contributed by atoms with Crippen LogP contribution in [0.3, 0.4) is 0 Å². The van der Waals surface area contributed by atoms with E-state index in [1.54, 1.807) is 31.3 Å². The first-order valence-corrected chi connectivity index (χ1v) is 7.83. The normalized spacial score (nSPS) is 13.1. The Morgan fingerprint density at radius 2 is 2.10 bits per heavy atom. The number of aromatic nitrogens is 1. The number of carbonyl (C=O) groups excluding carboxylic acids is 1. The number of hydrogen-bond acceptors (Lipinski definition) is 4. The van der Waals surface area contributed by atoms with Crippen molar-refractivity contribution in [1.29, 1.82) is 0 Å². The third-order valence-corrected chi connectivity index (χ3v) is 4.63. The molecule has 2 rings (SSSR count). The Morgan fingerprint density at radius 1 is 1.35 bits per heavy atom. The Balaban J connectivity index is 2.45. The van der Waals surface area contributed by atoms with E-state index in [-0.39, 0.29) is 10.8 Å². The minimum absolute atomic E-state index is 0.0917. The van der Waals surface area contributed by atoms with Crippen LogP contribution in [0.2, 0.25) is 0 Å². The van der Waals surface area contributed by atoms with Crippen molar-refractivity contribution in [1.82, 2.24) is 9.71 Å². The van der Waals surface area contributed by atoms with Crippen LogP contribution < -0.4 is 4.72 Å². The molecule has 0 saturated carbocycles. The van der Waals surface area contributed by atoms with Gasteiger partial charge in [0.05, 0.1) is 4.90 Å². The summed E-state index contributed by atoms with van der Waals surface area (Å²) in [6.45, 7) is 3.53. The first-order valence-electron chi connectivity index (χ1n) is 6.35. The van der Waals surface area contributed by atoms with Crippen LogP contribution in [0, 0.1) is 5.92 Å². The van der Waals surface area contributed by atoms with E-state index in [9.17, 15) is 13.2 Å². The van der Waals surface area contributed by atoms with Gasteiger partial charge in [0.2, 0.25) is 5.91 Å². The average Bonchev–Trinajstić information content (AvgIpc) is 2.45. The van der Waals surface area contributed by atoms with Crippen molar-refractivity contribution < 1.29 is 13.2 Å². The van der Waals surface area contributed by atoms with Crippen LogP contribution in [-0.4, -0.2) is 19.3 Å². The molecule has 0 bridgehead atoms. The topological polar surface area (TPSA) is 76.1 Å². The van der Waals surface area contributed by atoms with E-state index in [2.05, 4.69) is 9.71 Å². The number of rotatable bonds is 4. The summed E-state index contributed by atoms with van der Waals surface area (Å²) in [5.74, 6) is -0.833. The average molecular weight is 292 g/mol. The van der Waals surface area contributed by atoms with Crippen molar-refractivity contribution >= 4 is 26.7 Å². The second-order valence-corrected chi connectivity index (χ2v) is 6.28. The highest BCUT2D eigenvalue weighted by Gasteiger charge is 2.22. The van der Waals surface area contributed by atoms with E-state index in [0.717, 1.165) is 0 Å². The number of hydrogen-bond donors (Lipinski definition) is 1. The number of fused-ring (bicyclic) bond motifs is 1. The number of sulfonamides is 1. The van der Waals surface area contributed by atoms with Gasteiger partial charge in [-0.05, 0) is 18.6 Å². The van der Waals surface area contributed by atoms with Gasteiger partial charge in [0.25, 0.3) is 10.0 Å². The molecule has 1 unspecified atom stereocenters. The van der Waals surface area contributed by atoms with E-state index in [4.69, 9.17) is 0 Å². The summed E-state index contributed by atoms with van der Waals surface area (Å²) in [5, 5.41) is 1.26. The molecule has 6 heteroatoms. The second-order valence-electron chi connectivity index (χ2n) is 4.63. The zero-order valence-electron chi connectivity index (χ0n) is 11.3. The molecular weight excluding hydrogens is 276 g/mol. The molecule has 0 saturated heterocycles. The van der Waals surface area contributed by atoms with Gasteiger partial charge >= 0.3 is 0 Å². The quantitative estimate of drug-likeness (QED) is 0.936. The minimum atomic E-state index is -3.87. The lowest BCUT2D eigenvalue weighted by atomic mass is 10.1. The van der Waals surface area contributed by atoms with Gasteiger partial charge in [0.15, 0.2) is 0 Å². The van der Waals surface area contributed by atoms with Gasteiger partial charge in [-0.3, -0.25) is 9.78 Å². The molecule has 106 valence electrons. The van der Waals surface area contributed by atoms with Gasteiger partial charge in [-0.25, -0.2) is 13.1 Å². The van der Waals surface area contributed by atoms with Crippen molar-refractivity contribution in [3.05, 3.63) is 36.7 Å². The van der Waals surface area contributed by atoms with Crippen LogP contribution in [0.15, 0.2) is 41.6 Å². The van der Waals surface area contributed by atoms with Gasteiger partial charge < -0.3 is 0 Å². The fraction of sp³-hybridized carbons (Fsp3) is 0.286. The lowest BCUT2D eigenvalue weighted by molar-refractivity contribution is -0.122. The third kappa shape index (κ3) is 2.80. The maximum atomic E-state index is 12.3. The SMILES string of the molecule is CCC(C)C(=O)NS(=O)(=O)c1cccc2cnccc12. The molecule has 2 aromatic rings. The highest BCUT2D eigenvalue weighted by molar-refractivity contribution is 7.90. The Bertz CT molecular complexity index is 736. The molecule has 1 N–H and O–H groups in total. The number of pyridine rings is 1. The predicted molar refractivity (Wildman–Crippen MR) is 76.5 cm³/mol. The smallest absolute Gasteiger partial charge is 0.264 e. The maximum Gasteiger partial charge on any atom is 0.264 e. The van der Waals surface area contributed by atoms with Crippen LogP contribution in [0.5, 0.6) is 0 Å². The van der Waals surface area contributed by atoms with E-state index in [1.807, 2.05) is 6.92 Å². The Morgan fingerprint density at radius 3 is 2.80 bits per heavy atom. The molecule has 1 amide bonds. The molecule has 1 aromatic carbocycles. The van der Waals surface area contributed by atoms with E-state index in [0.29, 0.717) is 17.2 Å². The van der Waals surface area contributed by atoms with E-state index < -0.39 is 15.9 Å². The van der Waals surface area contributed by atoms with Crippen molar-refractivity contribution in [2.75, 3.05) is 0 Å². The standard InChI is InChI=1S/C14H16N2O3S/c1-3-10(2)14(17)16-20(18,19)13-6-4-5-11-9-15-8-7-12(11)13/h4-10H,3H2,1-2H3,(H,16,17). The summed E-state index contributed by atoms with van der Waals surface area (Å²) >= 11 is 0. The molecule has 0 fully saturated rings. The molecule has 1 atom stereocenters. The van der Waals surface area contributed by atoms with Gasteiger partial charge in [-0.2, -0.15) is 0 Å². The number of carbonyl (C=O) groups is 1. The molecule has 0 spiro atoms. The van der Waals surface area contributed by atoms with Crippen molar-refractivity contribution in [3.63, 3.8) is 0 Å². The molecule has 5 nitrogen and oxygen atoms in total. The summed E-state index contributed by atoms with van der Waals surface area (Å²) in [4.78, 5) is 15.8. The van der Waals surface area contributed by atoms with Crippen molar-refractivity contribution in [2.24, 2.45) is 5.92 Å². The van der Waals surface area contributed by atoms with Gasteiger partial charge in [-0.15, -0.1) is 0 Å². The second kappa shape index (κ2) is 5.58. The molecule has 1 aromatic heterocycles. The maximum absolute atomic E-state index is 12.3. The summed E-state index contributed by atoms with van der Waals surface area (Å²) in [5.41, 5.74) is 0. The molecular formula is C14H16N2O3S. The highest BCUT2D eigenvalue weighted by atomic mass is 32.2. The lowest BCUT2D eigenvalue weighted by Gasteiger charge is -2.12. The molecule has 1 heterocycles. The van der Waals surface area contributed by atoms with E-state index >= 15 is 0 Å². The molecule has 0 radical (unpaired) electrons. The lowest BCUT2D eigenvalue weighted by Crippen LogP contribution is -2.34. The predicted octanol–water partition coefficient (Wildman–Crippen LogP) is 2.09. The Labute approximate surface area is 118 Å². The minimum Gasteiger partial charge on any atom is -0.274 e. The zero-order chi connectivity index (χ0) is 14.8. The van der Waals surface area contributed by atoms with Crippen LogP contribution >= 0.6 is 0 Å². The highest BCUT2D eigenvalue weighted by Crippen LogP contribution is 2.22. The van der Waals surface area contributed by atoms with E-state index in [1.165, 1.54) is 12.3 Å². The van der Waals surface area contributed by atoms with Crippen molar-refractivity contribution in [2.45, 2.75) is 25.2 Å². The van der Waals surface area contributed by atoms with Gasteiger partial charge in [0.1, 0.15) is 0 Å². The Hall–Kier alpha value is -1.95. The number of amides is 1. The fourth-order valence-electron chi connectivity index (χ4n) is 1.80. The van der Waals surface area contributed by atoms with Crippen LogP contribution in [-0.2, 0) is 14.8 Å². The molecule has 0 aliphatic carbocycles. The molecule has 0 aliphatic rings. The van der Waals surface area contributed by atoms with Crippen molar-refractivity contribution in [3.8, 4) is 0 Å². The van der Waals surface area contributed by atoms with Crippen LogP contribution in [0.4, 0.5) is 0 Å². The zero-order valence-corrected chi connectivity index (χ0v) is 12.1. The van der Waals surface area contributed by atoms with Crippen LogP contribution in [0.1, 0.15) is 20.3 Å².